The third kappa shape index (κ3) is 47.2. The molecule has 0 aliphatic rings. The molecule has 0 spiro atoms. The van der Waals surface area contributed by atoms with Gasteiger partial charge in [0.2, 0.25) is 0 Å². The topological polar surface area (TPSA) is 61.8 Å². The summed E-state index contributed by atoms with van der Waals surface area (Å²) < 4.78 is 17.3. The fourth-order valence-corrected chi connectivity index (χ4v) is 6.20. The highest BCUT2D eigenvalue weighted by atomic mass is 16.6. The predicted molar refractivity (Wildman–Crippen MR) is 260 cm³/mol. The van der Waals surface area contributed by atoms with Gasteiger partial charge in [0.1, 0.15) is 6.61 Å². The quantitative estimate of drug-likeness (QED) is 0.0348. The van der Waals surface area contributed by atoms with Crippen LogP contribution in [0.2, 0.25) is 0 Å². The Kier molecular flexibility index (Phi) is 47.1. The molecule has 0 aliphatic heterocycles. The number of hydrogen-bond acceptors (Lipinski definition) is 5. The lowest BCUT2D eigenvalue weighted by atomic mass is 10.1. The molecule has 5 nitrogen and oxygen atoms in total. The zero-order chi connectivity index (χ0) is 43.5. The molecule has 0 aromatic heterocycles. The van der Waals surface area contributed by atoms with Gasteiger partial charge in [-0.1, -0.05) is 182 Å². The highest BCUT2D eigenvalue weighted by molar-refractivity contribution is 5.70. The molecule has 60 heavy (non-hydrogen) atoms. The minimum absolute atomic E-state index is 0.0496. The largest absolute Gasteiger partial charge is 0.462 e. The van der Waals surface area contributed by atoms with Gasteiger partial charge >= 0.3 is 11.9 Å². The first kappa shape index (κ1) is 56.6. The minimum Gasteiger partial charge on any atom is -0.462 e. The summed E-state index contributed by atoms with van der Waals surface area (Å²) in [6, 6.07) is 0. The van der Waals surface area contributed by atoms with Crippen LogP contribution in [0.1, 0.15) is 201 Å². The second-order valence-corrected chi connectivity index (χ2v) is 15.6. The Morgan fingerprint density at radius 1 is 0.383 bits per heavy atom. The van der Waals surface area contributed by atoms with Crippen LogP contribution in [0.5, 0.6) is 0 Å². The van der Waals surface area contributed by atoms with Gasteiger partial charge in [0.05, 0.1) is 6.61 Å². The molecule has 0 aromatic rings. The van der Waals surface area contributed by atoms with E-state index in [9.17, 15) is 9.59 Å². The van der Waals surface area contributed by atoms with Crippen molar-refractivity contribution in [1.29, 1.82) is 0 Å². The number of carbonyl (C=O) groups is 2. The van der Waals surface area contributed by atoms with Crippen LogP contribution in [0.25, 0.3) is 0 Å². The standard InChI is InChI=1S/C55H90O5/c1-4-7-10-13-16-19-22-25-27-28-29-31-33-36-39-42-45-48-54(56)59-52-53(51-58-50-47-44-41-38-35-32-26-23-20-17-14-11-8-5-2)60-55(57)49-46-43-40-37-34-30-24-21-18-15-12-9-6-3/h7,9-12,14,16,18-21,23,25,27,29-31,34,53H,4-6,8,13,15,17,22,24,26,28,32-33,35-52H2,1-3H3/b10-7-,12-9-,14-11-,19-16-,21-18-,23-20-,27-25-,31-29-,34-30-. The zero-order valence-corrected chi connectivity index (χ0v) is 38.9. The molecule has 0 rings (SSSR count). The van der Waals surface area contributed by atoms with E-state index in [1.54, 1.807) is 0 Å². The van der Waals surface area contributed by atoms with Crippen LogP contribution >= 0.6 is 0 Å². The first-order chi connectivity index (χ1) is 29.6. The van der Waals surface area contributed by atoms with Gasteiger partial charge in [-0.2, -0.15) is 0 Å². The lowest BCUT2D eigenvalue weighted by molar-refractivity contribution is -0.163. The summed E-state index contributed by atoms with van der Waals surface area (Å²) in [4.78, 5) is 25.3. The number of unbranched alkanes of at least 4 members (excludes halogenated alkanes) is 14. The first-order valence-corrected chi connectivity index (χ1v) is 24.4. The van der Waals surface area contributed by atoms with Crippen LogP contribution in [0.3, 0.4) is 0 Å². The molecule has 1 unspecified atom stereocenters. The lowest BCUT2D eigenvalue weighted by Gasteiger charge is -2.18. The van der Waals surface area contributed by atoms with Crippen LogP contribution < -0.4 is 0 Å². The Bertz CT molecular complexity index is 1210. The molecule has 0 fully saturated rings. The Morgan fingerprint density at radius 2 is 0.750 bits per heavy atom. The van der Waals surface area contributed by atoms with E-state index in [1.165, 1.54) is 38.5 Å². The van der Waals surface area contributed by atoms with E-state index >= 15 is 0 Å². The minimum atomic E-state index is -0.573. The molecule has 0 aromatic carbocycles. The van der Waals surface area contributed by atoms with Crippen molar-refractivity contribution in [1.82, 2.24) is 0 Å². The van der Waals surface area contributed by atoms with E-state index in [0.717, 1.165) is 128 Å². The summed E-state index contributed by atoms with van der Waals surface area (Å²) >= 11 is 0. The van der Waals surface area contributed by atoms with Crippen molar-refractivity contribution < 1.29 is 23.8 Å². The van der Waals surface area contributed by atoms with Gasteiger partial charge in [-0.25, -0.2) is 0 Å². The maximum absolute atomic E-state index is 12.8. The van der Waals surface area contributed by atoms with E-state index in [2.05, 4.69) is 130 Å². The highest BCUT2D eigenvalue weighted by Crippen LogP contribution is 2.12. The van der Waals surface area contributed by atoms with Crippen LogP contribution in [0.15, 0.2) is 109 Å². The molecule has 0 amide bonds. The number of carbonyl (C=O) groups excluding carboxylic acids is 2. The van der Waals surface area contributed by atoms with Crippen LogP contribution in [0, 0.1) is 0 Å². The van der Waals surface area contributed by atoms with Gasteiger partial charge in [0.25, 0.3) is 0 Å². The summed E-state index contributed by atoms with van der Waals surface area (Å²) in [7, 11) is 0. The molecule has 0 saturated heterocycles. The average molecular weight is 831 g/mol. The maximum Gasteiger partial charge on any atom is 0.306 e. The fraction of sp³-hybridized carbons (Fsp3) is 0.636. The number of allylic oxidation sites excluding steroid dienone is 18. The van der Waals surface area contributed by atoms with Gasteiger partial charge in [-0.05, 0) is 116 Å². The zero-order valence-electron chi connectivity index (χ0n) is 38.9. The Hall–Kier alpha value is -3.44. The summed E-state index contributed by atoms with van der Waals surface area (Å²) in [5.74, 6) is -0.473. The van der Waals surface area contributed by atoms with Gasteiger partial charge in [0.15, 0.2) is 6.10 Å². The molecule has 0 radical (unpaired) electrons. The van der Waals surface area contributed by atoms with Crippen molar-refractivity contribution in [2.45, 2.75) is 207 Å². The van der Waals surface area contributed by atoms with Gasteiger partial charge < -0.3 is 14.2 Å². The summed E-state index contributed by atoms with van der Waals surface area (Å²) in [6.07, 6.45) is 68.1. The van der Waals surface area contributed by atoms with Crippen molar-refractivity contribution in [3.8, 4) is 0 Å². The summed E-state index contributed by atoms with van der Waals surface area (Å²) in [5.41, 5.74) is 0. The van der Waals surface area contributed by atoms with Crippen LogP contribution in [-0.4, -0.2) is 37.9 Å². The second kappa shape index (κ2) is 49.9. The SMILES string of the molecule is CC/C=C\C/C=C\C/C=C\C/C=C\CCCCCCC(=O)OCC(COCCCCCCCC/C=C\C/C=C\CCC)OC(=O)CCCCC/C=C\C/C=C\C/C=C\CC. The second-order valence-electron chi connectivity index (χ2n) is 15.6. The van der Waals surface area contributed by atoms with Crippen LogP contribution in [0.4, 0.5) is 0 Å². The Morgan fingerprint density at radius 3 is 1.22 bits per heavy atom. The highest BCUT2D eigenvalue weighted by Gasteiger charge is 2.17. The maximum atomic E-state index is 12.8. The van der Waals surface area contributed by atoms with Crippen molar-refractivity contribution in [3.05, 3.63) is 109 Å². The van der Waals surface area contributed by atoms with Gasteiger partial charge in [-0.15, -0.1) is 0 Å². The van der Waals surface area contributed by atoms with Crippen molar-refractivity contribution in [2.75, 3.05) is 19.8 Å². The molecule has 0 N–H and O–H groups in total. The normalized spacial score (nSPS) is 13.2. The molecule has 0 bridgehead atoms. The molecule has 5 heteroatoms. The molecule has 340 valence electrons. The lowest BCUT2D eigenvalue weighted by Crippen LogP contribution is -2.30. The Labute approximate surface area is 370 Å². The third-order valence-electron chi connectivity index (χ3n) is 9.75. The number of esters is 2. The number of hydrogen-bond donors (Lipinski definition) is 0. The molecule has 0 saturated carbocycles. The van der Waals surface area contributed by atoms with Crippen molar-refractivity contribution in [3.63, 3.8) is 0 Å². The van der Waals surface area contributed by atoms with E-state index in [-0.39, 0.29) is 25.2 Å². The van der Waals surface area contributed by atoms with E-state index in [4.69, 9.17) is 14.2 Å². The smallest absolute Gasteiger partial charge is 0.306 e. The molecule has 0 aliphatic carbocycles. The molecular weight excluding hydrogens is 741 g/mol. The summed E-state index contributed by atoms with van der Waals surface area (Å²) in [5, 5.41) is 0. The number of ether oxygens (including phenoxy) is 3. The average Bonchev–Trinajstić information content (AvgIpc) is 3.25. The van der Waals surface area contributed by atoms with Crippen molar-refractivity contribution >= 4 is 11.9 Å². The monoisotopic (exact) mass is 831 g/mol. The van der Waals surface area contributed by atoms with Gasteiger partial charge in [-0.3, -0.25) is 9.59 Å². The third-order valence-corrected chi connectivity index (χ3v) is 9.75. The van der Waals surface area contributed by atoms with E-state index < -0.39 is 6.10 Å². The van der Waals surface area contributed by atoms with Gasteiger partial charge in [0, 0.05) is 19.4 Å². The Balaban J connectivity index is 4.39. The first-order valence-electron chi connectivity index (χ1n) is 24.4. The molecule has 1 atom stereocenters. The van der Waals surface area contributed by atoms with E-state index in [1.807, 2.05) is 0 Å². The fourth-order valence-electron chi connectivity index (χ4n) is 6.20. The predicted octanol–water partition coefficient (Wildman–Crippen LogP) is 16.4. The number of rotatable bonds is 43. The van der Waals surface area contributed by atoms with Crippen molar-refractivity contribution in [2.24, 2.45) is 0 Å². The van der Waals surface area contributed by atoms with Crippen LogP contribution in [-0.2, 0) is 23.8 Å². The summed E-state index contributed by atoms with van der Waals surface area (Å²) in [6.45, 7) is 7.44. The molecular formula is C55H90O5. The molecule has 0 heterocycles. The van der Waals surface area contributed by atoms with E-state index in [0.29, 0.717) is 19.4 Å².